The number of amides is 2. The highest BCUT2D eigenvalue weighted by atomic mass is 35.5. The summed E-state index contributed by atoms with van der Waals surface area (Å²) in [6.07, 6.45) is 5.38. The molecule has 2 aromatic rings. The van der Waals surface area contributed by atoms with Crippen LogP contribution >= 0.6 is 23.2 Å². The van der Waals surface area contributed by atoms with Gasteiger partial charge in [0.2, 0.25) is 0 Å². The first kappa shape index (κ1) is 29.3. The van der Waals surface area contributed by atoms with Gasteiger partial charge in [0.25, 0.3) is 11.8 Å². The lowest BCUT2D eigenvalue weighted by atomic mass is 9.97. The predicted molar refractivity (Wildman–Crippen MR) is 154 cm³/mol. The summed E-state index contributed by atoms with van der Waals surface area (Å²) < 4.78 is 0. The lowest BCUT2D eigenvalue weighted by Gasteiger charge is -2.48. The molecule has 4 rings (SSSR count). The van der Waals surface area contributed by atoms with Gasteiger partial charge in [-0.2, -0.15) is 0 Å². The molecule has 0 radical (unpaired) electrons. The fourth-order valence-corrected chi connectivity index (χ4v) is 5.83. The molecule has 0 spiro atoms. The van der Waals surface area contributed by atoms with Crippen LogP contribution in [0.25, 0.3) is 0 Å². The van der Waals surface area contributed by atoms with Gasteiger partial charge in [-0.1, -0.05) is 36.5 Å². The van der Waals surface area contributed by atoms with Crippen LogP contribution < -0.4 is 16.0 Å². The summed E-state index contributed by atoms with van der Waals surface area (Å²) in [4.78, 5) is 45.1. The average molecular weight is 578 g/mol. The largest absolute Gasteiger partial charge is 0.383 e. The zero-order chi connectivity index (χ0) is 28.3. The number of rotatable bonds is 6. The Balaban J connectivity index is 1.39. The quantitative estimate of drug-likeness (QED) is 0.497. The number of nitrogens with two attached hydrogens (primary N) is 1. The van der Waals surface area contributed by atoms with E-state index < -0.39 is 0 Å². The molecule has 2 saturated heterocycles. The van der Waals surface area contributed by atoms with Gasteiger partial charge in [0, 0.05) is 50.3 Å². The molecule has 0 saturated carbocycles. The van der Waals surface area contributed by atoms with E-state index in [1.807, 2.05) is 25.7 Å². The van der Waals surface area contributed by atoms with Gasteiger partial charge in [-0.15, -0.1) is 0 Å². The Morgan fingerprint density at radius 2 is 1.82 bits per heavy atom. The fourth-order valence-electron chi connectivity index (χ4n) is 5.42. The van der Waals surface area contributed by atoms with Gasteiger partial charge >= 0.3 is 0 Å². The number of hydrogen-bond acceptors (Lipinski definition) is 8. The highest BCUT2D eigenvalue weighted by Gasteiger charge is 2.35. The number of aromatic nitrogens is 3. The molecule has 2 fully saturated rings. The number of pyridine rings is 1. The van der Waals surface area contributed by atoms with Crippen molar-refractivity contribution in [3.63, 3.8) is 0 Å². The number of piperazine rings is 1. The number of hydrogen-bond donors (Lipinski definition) is 2. The van der Waals surface area contributed by atoms with Crippen molar-refractivity contribution in [3.8, 4) is 0 Å². The van der Waals surface area contributed by atoms with Gasteiger partial charge in [0.05, 0.1) is 11.8 Å². The average Bonchev–Trinajstić information content (AvgIpc) is 2.87. The third-order valence-electron chi connectivity index (χ3n) is 7.22. The van der Waals surface area contributed by atoms with E-state index in [1.165, 1.54) is 6.20 Å². The maximum absolute atomic E-state index is 13.0. The third-order valence-corrected chi connectivity index (χ3v) is 7.69. The van der Waals surface area contributed by atoms with E-state index in [1.54, 1.807) is 12.1 Å². The Labute approximate surface area is 240 Å². The van der Waals surface area contributed by atoms with E-state index in [4.69, 9.17) is 28.9 Å². The SMILES string of the molecule is CCC[C@H]1CN(c2ncc(C(=O)NC(C)(C)C)nc2Cl)CCN1C1CCN(C(=O)c2ccc(Cl)nc2N)CC1. The summed E-state index contributed by atoms with van der Waals surface area (Å²) in [5.41, 5.74) is 6.18. The number of nitrogens with one attached hydrogen (secondary N) is 1. The Bertz CT molecular complexity index is 1200. The molecular weight excluding hydrogens is 539 g/mol. The Hall–Kier alpha value is -2.69. The fraction of sp³-hybridized carbons (Fsp3) is 0.593. The smallest absolute Gasteiger partial charge is 0.271 e. The zero-order valence-corrected chi connectivity index (χ0v) is 24.6. The summed E-state index contributed by atoms with van der Waals surface area (Å²) >= 11 is 12.4. The van der Waals surface area contributed by atoms with Crippen LogP contribution in [-0.4, -0.2) is 86.9 Å². The minimum atomic E-state index is -0.378. The van der Waals surface area contributed by atoms with E-state index >= 15 is 0 Å². The molecule has 39 heavy (non-hydrogen) atoms. The van der Waals surface area contributed by atoms with Crippen LogP contribution in [-0.2, 0) is 0 Å². The van der Waals surface area contributed by atoms with Crippen molar-refractivity contribution in [3.05, 3.63) is 39.9 Å². The van der Waals surface area contributed by atoms with E-state index in [9.17, 15) is 9.59 Å². The molecule has 0 aromatic carbocycles. The number of nitrogen functional groups attached to an aromatic ring is 1. The van der Waals surface area contributed by atoms with Crippen LogP contribution in [0, 0.1) is 0 Å². The summed E-state index contributed by atoms with van der Waals surface area (Å²) in [5.74, 6) is 0.382. The number of nitrogens with zero attached hydrogens (tertiary/aromatic N) is 6. The standard InChI is InChI=1S/C27H38Cl2N8O2/c1-5-6-18-16-36(24-22(29)32-20(15-31-24)25(38)34-27(2,3)4)13-14-37(18)17-9-11-35(12-10-17)26(39)19-7-8-21(28)33-23(19)30/h7-8,15,17-18H,5-6,9-14,16H2,1-4H3,(H2,30,33)(H,34,38)/t18-/m0/s1. The molecule has 0 unspecified atom stereocenters. The van der Waals surface area contributed by atoms with Crippen molar-refractivity contribution in [1.29, 1.82) is 0 Å². The monoisotopic (exact) mass is 576 g/mol. The van der Waals surface area contributed by atoms with Crippen LogP contribution in [0.4, 0.5) is 11.6 Å². The van der Waals surface area contributed by atoms with E-state index in [-0.39, 0.29) is 39.2 Å². The highest BCUT2D eigenvalue weighted by molar-refractivity contribution is 6.32. The topological polar surface area (TPSA) is 121 Å². The molecule has 0 bridgehead atoms. The summed E-state index contributed by atoms with van der Waals surface area (Å²) in [6.45, 7) is 11.7. The number of carbonyl (C=O) groups excluding carboxylic acids is 2. The lowest BCUT2D eigenvalue weighted by Crippen LogP contribution is -2.59. The first-order valence-corrected chi connectivity index (χ1v) is 14.3. The number of carbonyl (C=O) groups is 2. The zero-order valence-electron chi connectivity index (χ0n) is 23.1. The third kappa shape index (κ3) is 7.10. The van der Waals surface area contributed by atoms with Gasteiger partial charge in [-0.05, 0) is 52.2 Å². The molecule has 2 aromatic heterocycles. The number of piperidine rings is 1. The van der Waals surface area contributed by atoms with E-state index in [0.717, 1.165) is 45.3 Å². The van der Waals surface area contributed by atoms with E-state index in [2.05, 4.69) is 37.0 Å². The molecule has 10 nitrogen and oxygen atoms in total. The van der Waals surface area contributed by atoms with Gasteiger partial charge in [0.15, 0.2) is 11.0 Å². The predicted octanol–water partition coefficient (Wildman–Crippen LogP) is 3.88. The molecular formula is C27H38Cl2N8O2. The maximum atomic E-state index is 13.0. The van der Waals surface area contributed by atoms with Crippen LogP contribution in [0.15, 0.2) is 18.3 Å². The second kappa shape index (κ2) is 12.2. The molecule has 212 valence electrons. The summed E-state index contributed by atoms with van der Waals surface area (Å²) in [5, 5.41) is 3.41. The van der Waals surface area contributed by atoms with Gasteiger partial charge in [-0.25, -0.2) is 15.0 Å². The van der Waals surface area contributed by atoms with Crippen molar-refractivity contribution in [2.75, 3.05) is 43.4 Å². The maximum Gasteiger partial charge on any atom is 0.271 e. The number of anilines is 2. The van der Waals surface area contributed by atoms with Gasteiger partial charge in [-0.3, -0.25) is 14.5 Å². The molecule has 1 atom stereocenters. The van der Waals surface area contributed by atoms with Crippen LogP contribution in [0.3, 0.4) is 0 Å². The second-order valence-electron chi connectivity index (χ2n) is 11.3. The summed E-state index contributed by atoms with van der Waals surface area (Å²) in [6, 6.07) is 3.96. The lowest BCUT2D eigenvalue weighted by molar-refractivity contribution is 0.0481. The molecule has 2 amide bonds. The van der Waals surface area contributed by atoms with Crippen molar-refractivity contribution in [2.24, 2.45) is 0 Å². The second-order valence-corrected chi connectivity index (χ2v) is 12.0. The first-order valence-electron chi connectivity index (χ1n) is 13.5. The van der Waals surface area contributed by atoms with Gasteiger partial charge < -0.3 is 20.9 Å². The van der Waals surface area contributed by atoms with Crippen molar-refractivity contribution in [1.82, 2.24) is 30.1 Å². The number of halogens is 2. The molecule has 4 heterocycles. The Morgan fingerprint density at radius 1 is 1.10 bits per heavy atom. The summed E-state index contributed by atoms with van der Waals surface area (Å²) in [7, 11) is 0. The van der Waals surface area contributed by atoms with Gasteiger partial charge in [0.1, 0.15) is 16.7 Å². The number of likely N-dealkylation sites (tertiary alicyclic amines) is 1. The minimum absolute atomic E-state index is 0.0992. The van der Waals surface area contributed by atoms with Crippen LogP contribution in [0.2, 0.25) is 10.3 Å². The Morgan fingerprint density at radius 3 is 2.44 bits per heavy atom. The molecule has 12 heteroatoms. The highest BCUT2D eigenvalue weighted by Crippen LogP contribution is 2.29. The van der Waals surface area contributed by atoms with Crippen molar-refractivity contribution in [2.45, 2.75) is 71.0 Å². The normalized spacial score (nSPS) is 19.3. The van der Waals surface area contributed by atoms with Crippen molar-refractivity contribution >= 4 is 46.7 Å². The first-order chi connectivity index (χ1) is 18.5. The molecule has 2 aliphatic rings. The van der Waals surface area contributed by atoms with Crippen LogP contribution in [0.5, 0.6) is 0 Å². The van der Waals surface area contributed by atoms with E-state index in [0.29, 0.717) is 36.6 Å². The van der Waals surface area contributed by atoms with Crippen LogP contribution in [0.1, 0.15) is 74.2 Å². The minimum Gasteiger partial charge on any atom is -0.383 e. The Kier molecular flexibility index (Phi) is 9.18. The molecule has 3 N–H and O–H groups in total. The van der Waals surface area contributed by atoms with Crippen molar-refractivity contribution < 1.29 is 9.59 Å². The molecule has 0 aliphatic carbocycles. The molecule has 2 aliphatic heterocycles.